The first kappa shape index (κ1) is 15.4. The zero-order chi connectivity index (χ0) is 18.0. The zero-order valence-electron chi connectivity index (χ0n) is 14.9. The van der Waals surface area contributed by atoms with Crippen LogP contribution in [0.25, 0.3) is 22.6 Å². The largest absolute Gasteiger partial charge is 0.332 e. The fourth-order valence-electron chi connectivity index (χ4n) is 3.44. The summed E-state index contributed by atoms with van der Waals surface area (Å²) in [4.78, 5) is 29.4. The summed E-state index contributed by atoms with van der Waals surface area (Å²) in [6.45, 7) is 6.08. The summed E-state index contributed by atoms with van der Waals surface area (Å²) in [6, 6.07) is 6.21. The van der Waals surface area contributed by atoms with E-state index in [1.54, 1.807) is 11.4 Å². The number of imidazole rings is 2. The molecule has 0 N–H and O–H groups in total. The molecule has 0 unspecified atom stereocenters. The molecule has 0 saturated carbocycles. The summed E-state index contributed by atoms with van der Waals surface area (Å²) in [6.07, 6.45) is 1.88. The van der Waals surface area contributed by atoms with Gasteiger partial charge in [0.05, 0.1) is 5.69 Å². The molecule has 0 bridgehead atoms. The second-order valence-electron chi connectivity index (χ2n) is 6.56. The van der Waals surface area contributed by atoms with Crippen LogP contribution in [0.5, 0.6) is 0 Å². The molecule has 4 aromatic rings. The lowest BCUT2D eigenvalue weighted by molar-refractivity contribution is 0.708. The quantitative estimate of drug-likeness (QED) is 0.530. The van der Waals surface area contributed by atoms with Crippen LogP contribution in [0.3, 0.4) is 0 Å². The van der Waals surface area contributed by atoms with Crippen LogP contribution in [0.15, 0.2) is 34.0 Å². The minimum Gasteiger partial charge on any atom is -0.283 e. The third-order valence-corrected chi connectivity index (χ3v) is 4.73. The average Bonchev–Trinajstić information content (AvgIpc) is 3.06. The van der Waals surface area contributed by atoms with Crippen molar-refractivity contribution in [2.24, 2.45) is 14.1 Å². The van der Waals surface area contributed by atoms with Crippen LogP contribution in [-0.4, -0.2) is 23.1 Å². The first-order chi connectivity index (χ1) is 11.8. The van der Waals surface area contributed by atoms with E-state index >= 15 is 0 Å². The monoisotopic (exact) mass is 337 g/mol. The van der Waals surface area contributed by atoms with Gasteiger partial charge < -0.3 is 0 Å². The number of fused-ring (bicyclic) bond motifs is 3. The van der Waals surface area contributed by atoms with E-state index < -0.39 is 0 Å². The van der Waals surface area contributed by atoms with Crippen molar-refractivity contribution in [1.29, 1.82) is 0 Å². The number of nitrogens with zero attached hydrogens (tertiary/aromatic N) is 5. The standard InChI is InChI=1S/C18H19N5O2/c1-10-6-7-13(11(2)8-10)23-12(3)9-22-14-15(19-17(22)23)20(4)18(25)21(5)16(14)24/h6-9H,1-5H3. The lowest BCUT2D eigenvalue weighted by Crippen LogP contribution is -2.37. The topological polar surface area (TPSA) is 66.2 Å². The number of aromatic nitrogens is 5. The minimum absolute atomic E-state index is 0.344. The summed E-state index contributed by atoms with van der Waals surface area (Å²) >= 11 is 0. The smallest absolute Gasteiger partial charge is 0.283 e. The van der Waals surface area contributed by atoms with Crippen LogP contribution in [0.4, 0.5) is 0 Å². The van der Waals surface area contributed by atoms with Gasteiger partial charge in [-0.3, -0.25) is 22.9 Å². The van der Waals surface area contributed by atoms with Gasteiger partial charge in [0, 0.05) is 26.0 Å². The number of hydrogen-bond acceptors (Lipinski definition) is 3. The molecular weight excluding hydrogens is 318 g/mol. The van der Waals surface area contributed by atoms with Gasteiger partial charge in [0.15, 0.2) is 11.2 Å². The first-order valence-electron chi connectivity index (χ1n) is 8.05. The fourth-order valence-corrected chi connectivity index (χ4v) is 3.44. The van der Waals surface area contributed by atoms with E-state index in [4.69, 9.17) is 0 Å². The average molecular weight is 337 g/mol. The molecule has 1 aromatic carbocycles. The maximum Gasteiger partial charge on any atom is 0.332 e. The molecule has 128 valence electrons. The Morgan fingerprint density at radius 1 is 1.00 bits per heavy atom. The molecule has 25 heavy (non-hydrogen) atoms. The maximum absolute atomic E-state index is 12.6. The van der Waals surface area contributed by atoms with E-state index in [0.717, 1.165) is 21.5 Å². The van der Waals surface area contributed by atoms with Crippen molar-refractivity contribution in [3.63, 3.8) is 0 Å². The van der Waals surface area contributed by atoms with Crippen molar-refractivity contribution in [1.82, 2.24) is 23.1 Å². The van der Waals surface area contributed by atoms with Gasteiger partial charge in [0.2, 0.25) is 5.78 Å². The van der Waals surface area contributed by atoms with Crippen molar-refractivity contribution in [3.8, 4) is 5.69 Å². The van der Waals surface area contributed by atoms with E-state index in [1.807, 2.05) is 23.8 Å². The number of hydrogen-bond donors (Lipinski definition) is 0. The molecule has 0 aliphatic rings. The Kier molecular flexibility index (Phi) is 3.06. The zero-order valence-corrected chi connectivity index (χ0v) is 14.9. The molecule has 0 aliphatic carbocycles. The molecule has 0 radical (unpaired) electrons. The SMILES string of the molecule is Cc1ccc(-n2c(C)cn3c4c(=O)n(C)c(=O)n(C)c4nc23)c(C)c1. The summed E-state index contributed by atoms with van der Waals surface area (Å²) in [5, 5.41) is 0. The Labute approximate surface area is 143 Å². The van der Waals surface area contributed by atoms with Gasteiger partial charge in [-0.15, -0.1) is 0 Å². The Morgan fingerprint density at radius 3 is 2.40 bits per heavy atom. The molecule has 0 saturated heterocycles. The highest BCUT2D eigenvalue weighted by molar-refractivity contribution is 5.76. The highest BCUT2D eigenvalue weighted by Gasteiger charge is 2.20. The molecule has 3 aromatic heterocycles. The van der Waals surface area contributed by atoms with Gasteiger partial charge in [-0.1, -0.05) is 17.7 Å². The van der Waals surface area contributed by atoms with E-state index in [9.17, 15) is 9.59 Å². The molecule has 7 nitrogen and oxygen atoms in total. The molecule has 4 rings (SSSR count). The van der Waals surface area contributed by atoms with Gasteiger partial charge in [0.25, 0.3) is 5.56 Å². The van der Waals surface area contributed by atoms with Crippen LogP contribution >= 0.6 is 0 Å². The molecule has 7 heteroatoms. The van der Waals surface area contributed by atoms with E-state index in [0.29, 0.717) is 16.9 Å². The molecule has 0 fully saturated rings. The summed E-state index contributed by atoms with van der Waals surface area (Å²) in [5.74, 6) is 0.623. The molecule has 0 atom stereocenters. The molecule has 3 heterocycles. The van der Waals surface area contributed by atoms with Crippen molar-refractivity contribution in [2.45, 2.75) is 20.8 Å². The van der Waals surface area contributed by atoms with Crippen molar-refractivity contribution >= 4 is 16.9 Å². The predicted molar refractivity (Wildman–Crippen MR) is 96.7 cm³/mol. The number of benzene rings is 1. The highest BCUT2D eigenvalue weighted by Crippen LogP contribution is 2.23. The van der Waals surface area contributed by atoms with E-state index in [1.165, 1.54) is 17.2 Å². The second-order valence-corrected chi connectivity index (χ2v) is 6.56. The Morgan fingerprint density at radius 2 is 1.72 bits per heavy atom. The van der Waals surface area contributed by atoms with Crippen LogP contribution < -0.4 is 11.2 Å². The van der Waals surface area contributed by atoms with E-state index in [-0.39, 0.29) is 11.2 Å². The van der Waals surface area contributed by atoms with Crippen molar-refractivity contribution in [2.75, 3.05) is 0 Å². The van der Waals surface area contributed by atoms with Crippen LogP contribution in [0.2, 0.25) is 0 Å². The number of aryl methyl sites for hydroxylation is 4. The van der Waals surface area contributed by atoms with Gasteiger partial charge in [-0.2, -0.15) is 4.98 Å². The lowest BCUT2D eigenvalue weighted by Gasteiger charge is -2.10. The Hall–Kier alpha value is -3.09. The molecule has 0 aliphatic heterocycles. The van der Waals surface area contributed by atoms with Crippen molar-refractivity contribution in [3.05, 3.63) is 62.1 Å². The van der Waals surface area contributed by atoms with Gasteiger partial charge in [-0.05, 0) is 32.4 Å². The number of rotatable bonds is 1. The molecular formula is C18H19N5O2. The van der Waals surface area contributed by atoms with E-state index in [2.05, 4.69) is 31.0 Å². The first-order valence-corrected chi connectivity index (χ1v) is 8.05. The molecule has 0 spiro atoms. The normalized spacial score (nSPS) is 11.7. The molecule has 0 amide bonds. The maximum atomic E-state index is 12.6. The Balaban J connectivity index is 2.20. The van der Waals surface area contributed by atoms with Gasteiger partial charge in [-0.25, -0.2) is 4.79 Å². The third kappa shape index (κ3) is 1.95. The predicted octanol–water partition coefficient (Wildman–Crippen LogP) is 1.60. The van der Waals surface area contributed by atoms with Crippen LogP contribution in [0, 0.1) is 20.8 Å². The third-order valence-electron chi connectivity index (χ3n) is 4.73. The van der Waals surface area contributed by atoms with Crippen LogP contribution in [0.1, 0.15) is 16.8 Å². The highest BCUT2D eigenvalue weighted by atomic mass is 16.2. The van der Waals surface area contributed by atoms with Crippen LogP contribution in [-0.2, 0) is 14.1 Å². The lowest BCUT2D eigenvalue weighted by atomic mass is 10.1. The van der Waals surface area contributed by atoms with Crippen molar-refractivity contribution < 1.29 is 0 Å². The minimum atomic E-state index is -0.381. The summed E-state index contributed by atoms with van der Waals surface area (Å²) in [7, 11) is 3.11. The summed E-state index contributed by atoms with van der Waals surface area (Å²) < 4.78 is 6.30. The fraction of sp³-hybridized carbons (Fsp3) is 0.278. The second kappa shape index (κ2) is 4.95. The van der Waals surface area contributed by atoms with Gasteiger partial charge in [0.1, 0.15) is 0 Å². The van der Waals surface area contributed by atoms with Gasteiger partial charge >= 0.3 is 5.69 Å². The summed E-state index contributed by atoms with van der Waals surface area (Å²) in [5.41, 5.74) is 4.36. The Bertz CT molecular complexity index is 1280.